The van der Waals surface area contributed by atoms with Gasteiger partial charge in [-0.25, -0.2) is 0 Å². The fourth-order valence-corrected chi connectivity index (χ4v) is 2.43. The van der Waals surface area contributed by atoms with Gasteiger partial charge in [0.2, 0.25) is 11.9 Å². The van der Waals surface area contributed by atoms with E-state index < -0.39 is 0 Å². The van der Waals surface area contributed by atoms with Crippen LogP contribution < -0.4 is 17.2 Å². The molecule has 0 aliphatic heterocycles. The molecule has 8 heteroatoms. The van der Waals surface area contributed by atoms with Crippen molar-refractivity contribution in [3.8, 4) is 0 Å². The minimum Gasteiger partial charge on any atom is -0.399 e. The molecule has 0 unspecified atom stereocenters. The Morgan fingerprint density at radius 1 is 1.06 bits per heavy atom. The number of thioether (sulfide) groups is 1. The molecule has 0 aliphatic carbocycles. The van der Waals surface area contributed by atoms with Crippen LogP contribution in [0.4, 0.5) is 17.6 Å². The van der Waals surface area contributed by atoms with Gasteiger partial charge in [0.05, 0.1) is 10.8 Å². The number of anilines is 3. The molecule has 0 fully saturated rings. The zero-order valence-corrected chi connectivity index (χ0v) is 10.9. The summed E-state index contributed by atoms with van der Waals surface area (Å²) in [5, 5.41) is 0.593. The Morgan fingerprint density at radius 3 is 2.33 bits per heavy atom. The van der Waals surface area contributed by atoms with Crippen molar-refractivity contribution in [2.45, 2.75) is 10.6 Å². The molecule has 0 radical (unpaired) electrons. The van der Waals surface area contributed by atoms with Gasteiger partial charge < -0.3 is 17.2 Å². The van der Waals surface area contributed by atoms with Crippen molar-refractivity contribution in [2.24, 2.45) is 0 Å². The van der Waals surface area contributed by atoms with Crippen LogP contribution in [-0.4, -0.2) is 15.0 Å². The molecule has 1 aromatic carbocycles. The number of rotatable bonds is 3. The molecule has 1 aromatic heterocycles. The lowest BCUT2D eigenvalue weighted by Crippen LogP contribution is -2.05. The Balaban J connectivity index is 2.11. The maximum Gasteiger partial charge on any atom is 0.225 e. The first-order chi connectivity index (χ1) is 8.54. The highest BCUT2D eigenvalue weighted by Gasteiger charge is 2.06. The van der Waals surface area contributed by atoms with Gasteiger partial charge in [0.15, 0.2) is 0 Å². The van der Waals surface area contributed by atoms with Crippen LogP contribution in [0.25, 0.3) is 0 Å². The van der Waals surface area contributed by atoms with Gasteiger partial charge in [-0.3, -0.25) is 0 Å². The van der Waals surface area contributed by atoms with Gasteiger partial charge in [-0.05, 0) is 18.2 Å². The predicted octanol–water partition coefficient (Wildman–Crippen LogP) is 1.56. The van der Waals surface area contributed by atoms with E-state index in [1.54, 1.807) is 12.1 Å². The number of nitrogens with zero attached hydrogens (tertiary/aromatic N) is 3. The second kappa shape index (κ2) is 5.28. The van der Waals surface area contributed by atoms with Crippen LogP contribution in [0.5, 0.6) is 0 Å². The van der Waals surface area contributed by atoms with Crippen molar-refractivity contribution in [1.82, 2.24) is 15.0 Å². The van der Waals surface area contributed by atoms with Crippen LogP contribution in [0.15, 0.2) is 23.1 Å². The Kier molecular flexibility index (Phi) is 3.73. The van der Waals surface area contributed by atoms with Crippen LogP contribution in [0.3, 0.4) is 0 Å². The summed E-state index contributed by atoms with van der Waals surface area (Å²) in [5.41, 5.74) is 17.2. The number of nitrogen functional groups attached to an aromatic ring is 3. The standard InChI is InChI=1S/C10H11ClN6S/c11-6-3-5(12)1-2-7(6)18-4-8-15-9(13)17-10(14)16-8/h1-3H,4,12H2,(H4,13,14,15,16,17). The second-order valence-corrected chi connectivity index (χ2v) is 4.87. The quantitative estimate of drug-likeness (QED) is 0.578. The van der Waals surface area contributed by atoms with E-state index in [-0.39, 0.29) is 11.9 Å². The van der Waals surface area contributed by atoms with E-state index in [0.717, 1.165) is 4.90 Å². The number of aromatic nitrogens is 3. The summed E-state index contributed by atoms with van der Waals surface area (Å²) < 4.78 is 0. The van der Waals surface area contributed by atoms with Gasteiger partial charge in [0, 0.05) is 10.6 Å². The summed E-state index contributed by atoms with van der Waals surface area (Å²) in [6, 6.07) is 5.32. The SMILES string of the molecule is Nc1ccc(SCc2nc(N)nc(N)n2)c(Cl)c1. The van der Waals surface area contributed by atoms with Gasteiger partial charge in [-0.15, -0.1) is 11.8 Å². The van der Waals surface area contributed by atoms with Gasteiger partial charge in [-0.1, -0.05) is 11.6 Å². The minimum absolute atomic E-state index is 0.113. The first-order valence-corrected chi connectivity index (χ1v) is 6.34. The molecule has 0 bridgehead atoms. The Labute approximate surface area is 113 Å². The maximum absolute atomic E-state index is 6.05. The first kappa shape index (κ1) is 12.7. The number of hydrogen-bond acceptors (Lipinski definition) is 7. The normalized spacial score (nSPS) is 10.5. The number of nitrogens with two attached hydrogens (primary N) is 3. The highest BCUT2D eigenvalue weighted by atomic mass is 35.5. The van der Waals surface area contributed by atoms with E-state index in [1.807, 2.05) is 6.07 Å². The lowest BCUT2D eigenvalue weighted by Gasteiger charge is -2.05. The van der Waals surface area contributed by atoms with E-state index in [0.29, 0.717) is 22.3 Å². The van der Waals surface area contributed by atoms with Crippen LogP contribution in [-0.2, 0) is 5.75 Å². The summed E-state index contributed by atoms with van der Waals surface area (Å²) in [6.07, 6.45) is 0. The lowest BCUT2D eigenvalue weighted by atomic mass is 10.3. The molecule has 0 saturated heterocycles. The van der Waals surface area contributed by atoms with Crippen molar-refractivity contribution in [3.05, 3.63) is 29.0 Å². The fraction of sp³-hybridized carbons (Fsp3) is 0.100. The Bertz CT molecular complexity index is 556. The highest BCUT2D eigenvalue weighted by Crippen LogP contribution is 2.30. The van der Waals surface area contributed by atoms with E-state index in [2.05, 4.69) is 15.0 Å². The third kappa shape index (κ3) is 3.14. The molecule has 0 spiro atoms. The smallest absolute Gasteiger partial charge is 0.225 e. The molecule has 18 heavy (non-hydrogen) atoms. The molecule has 0 aliphatic rings. The van der Waals surface area contributed by atoms with Gasteiger partial charge in [0.1, 0.15) is 5.82 Å². The summed E-state index contributed by atoms with van der Waals surface area (Å²) in [7, 11) is 0. The van der Waals surface area contributed by atoms with Crippen LogP contribution >= 0.6 is 23.4 Å². The summed E-state index contributed by atoms with van der Waals surface area (Å²) in [5.74, 6) is 1.24. The summed E-state index contributed by atoms with van der Waals surface area (Å²) >= 11 is 7.53. The van der Waals surface area contributed by atoms with Gasteiger partial charge in [-0.2, -0.15) is 15.0 Å². The van der Waals surface area contributed by atoms with Crippen molar-refractivity contribution < 1.29 is 0 Å². The molecule has 0 atom stereocenters. The van der Waals surface area contributed by atoms with Crippen molar-refractivity contribution in [1.29, 1.82) is 0 Å². The summed E-state index contributed by atoms with van der Waals surface area (Å²) in [6.45, 7) is 0. The van der Waals surface area contributed by atoms with Gasteiger partial charge in [0.25, 0.3) is 0 Å². The molecular weight excluding hydrogens is 272 g/mol. The zero-order valence-electron chi connectivity index (χ0n) is 9.30. The van der Waals surface area contributed by atoms with Crippen molar-refractivity contribution >= 4 is 40.9 Å². The predicted molar refractivity (Wildman–Crippen MR) is 74.1 cm³/mol. The molecule has 6 N–H and O–H groups in total. The molecule has 2 rings (SSSR count). The number of halogens is 1. The third-order valence-electron chi connectivity index (χ3n) is 2.03. The van der Waals surface area contributed by atoms with Crippen molar-refractivity contribution in [2.75, 3.05) is 17.2 Å². The van der Waals surface area contributed by atoms with Crippen LogP contribution in [0.1, 0.15) is 5.82 Å². The van der Waals surface area contributed by atoms with Crippen LogP contribution in [0, 0.1) is 0 Å². The monoisotopic (exact) mass is 282 g/mol. The number of benzene rings is 1. The van der Waals surface area contributed by atoms with E-state index >= 15 is 0 Å². The molecule has 94 valence electrons. The minimum atomic E-state index is 0.113. The Morgan fingerprint density at radius 2 is 1.72 bits per heavy atom. The molecule has 1 heterocycles. The Hall–Kier alpha value is -1.73. The summed E-state index contributed by atoms with van der Waals surface area (Å²) in [4.78, 5) is 12.6. The van der Waals surface area contributed by atoms with Gasteiger partial charge >= 0.3 is 0 Å². The highest BCUT2D eigenvalue weighted by molar-refractivity contribution is 7.98. The lowest BCUT2D eigenvalue weighted by molar-refractivity contribution is 0.988. The topological polar surface area (TPSA) is 117 Å². The molecule has 6 nitrogen and oxygen atoms in total. The molecule has 2 aromatic rings. The van der Waals surface area contributed by atoms with E-state index in [9.17, 15) is 0 Å². The maximum atomic E-state index is 6.05. The number of hydrogen-bond donors (Lipinski definition) is 3. The zero-order chi connectivity index (χ0) is 13.1. The van der Waals surface area contributed by atoms with E-state index in [4.69, 9.17) is 28.8 Å². The average molecular weight is 283 g/mol. The first-order valence-electron chi connectivity index (χ1n) is 4.98. The third-order valence-corrected chi connectivity index (χ3v) is 3.52. The molecular formula is C10H11ClN6S. The molecule has 0 saturated carbocycles. The fourth-order valence-electron chi connectivity index (χ4n) is 1.30. The average Bonchev–Trinajstić information content (AvgIpc) is 2.26. The van der Waals surface area contributed by atoms with Crippen molar-refractivity contribution in [3.63, 3.8) is 0 Å². The molecule has 0 amide bonds. The second-order valence-electron chi connectivity index (χ2n) is 3.45. The van der Waals surface area contributed by atoms with Crippen LogP contribution in [0.2, 0.25) is 5.02 Å². The largest absolute Gasteiger partial charge is 0.399 e. The van der Waals surface area contributed by atoms with E-state index in [1.165, 1.54) is 11.8 Å².